The molecule has 0 atom stereocenters. The third-order valence-electron chi connectivity index (χ3n) is 2.85. The van der Waals surface area contributed by atoms with E-state index < -0.39 is 17.8 Å². The van der Waals surface area contributed by atoms with Gasteiger partial charge in [-0.2, -0.15) is 0 Å². The summed E-state index contributed by atoms with van der Waals surface area (Å²) in [5, 5.41) is -0.0831. The topological polar surface area (TPSA) is 55.8 Å². The van der Waals surface area contributed by atoms with E-state index in [4.69, 9.17) is 21.1 Å². The first-order chi connectivity index (χ1) is 10.9. The van der Waals surface area contributed by atoms with Crippen LogP contribution in [-0.4, -0.2) is 31.7 Å². The maximum atomic E-state index is 13.3. The van der Waals surface area contributed by atoms with Gasteiger partial charge in [-0.15, -0.1) is 0 Å². The van der Waals surface area contributed by atoms with Gasteiger partial charge in [-0.05, 0) is 39.0 Å². The van der Waals surface area contributed by atoms with Crippen LogP contribution in [0.2, 0.25) is 5.02 Å². The van der Waals surface area contributed by atoms with Crippen molar-refractivity contribution in [2.75, 3.05) is 24.7 Å². The number of nitrogens with zero attached hydrogens (tertiary/aromatic N) is 1. The maximum absolute atomic E-state index is 13.3. The second-order valence-electron chi connectivity index (χ2n) is 4.34. The summed E-state index contributed by atoms with van der Waals surface area (Å²) in [6, 6.07) is 4.02. The van der Waals surface area contributed by atoms with Crippen molar-refractivity contribution < 1.29 is 23.5 Å². The highest BCUT2D eigenvalue weighted by molar-refractivity contribution is 6.31. The zero-order valence-electron chi connectivity index (χ0n) is 13.3. The van der Waals surface area contributed by atoms with E-state index in [1.165, 1.54) is 23.1 Å². The van der Waals surface area contributed by atoms with Crippen molar-refractivity contribution in [1.29, 1.82) is 0 Å². The van der Waals surface area contributed by atoms with Gasteiger partial charge in [0.1, 0.15) is 11.5 Å². The van der Waals surface area contributed by atoms with Gasteiger partial charge in [0.25, 0.3) is 0 Å². The number of anilines is 1. The summed E-state index contributed by atoms with van der Waals surface area (Å²) in [5.74, 6) is -1.91. The van der Waals surface area contributed by atoms with Gasteiger partial charge in [-0.1, -0.05) is 11.6 Å². The molecule has 0 amide bonds. The fraction of sp³-hybridized carbons (Fsp3) is 0.375. The molecule has 0 aliphatic rings. The Morgan fingerprint density at radius 3 is 2.39 bits per heavy atom. The van der Waals surface area contributed by atoms with Gasteiger partial charge >= 0.3 is 11.9 Å². The molecule has 1 aromatic rings. The summed E-state index contributed by atoms with van der Waals surface area (Å²) in [6.07, 6.45) is 1.06. The molecule has 126 valence electrons. The SMILES string of the molecule is CCOC(=O)/C=C(\C(=O)OCC)N(CC)c1ccc(F)c(Cl)c1. The molecule has 0 aliphatic heterocycles. The maximum Gasteiger partial charge on any atom is 0.355 e. The van der Waals surface area contributed by atoms with Crippen LogP contribution in [0, 0.1) is 5.82 Å². The number of esters is 2. The Balaban J connectivity index is 3.26. The molecule has 23 heavy (non-hydrogen) atoms. The lowest BCUT2D eigenvalue weighted by molar-refractivity contribution is -0.141. The van der Waals surface area contributed by atoms with Crippen molar-refractivity contribution in [1.82, 2.24) is 0 Å². The minimum Gasteiger partial charge on any atom is -0.463 e. The monoisotopic (exact) mass is 343 g/mol. The smallest absolute Gasteiger partial charge is 0.355 e. The van der Waals surface area contributed by atoms with Crippen molar-refractivity contribution in [3.05, 3.63) is 40.8 Å². The van der Waals surface area contributed by atoms with Crippen LogP contribution in [0.5, 0.6) is 0 Å². The first kappa shape index (κ1) is 19.0. The second-order valence-corrected chi connectivity index (χ2v) is 4.75. The molecule has 0 heterocycles. The Morgan fingerprint density at radius 2 is 1.87 bits per heavy atom. The average Bonchev–Trinajstić information content (AvgIpc) is 2.51. The van der Waals surface area contributed by atoms with Crippen LogP contribution in [0.1, 0.15) is 20.8 Å². The number of ether oxygens (including phenoxy) is 2. The second kappa shape index (κ2) is 9.15. The highest BCUT2D eigenvalue weighted by Gasteiger charge is 2.21. The predicted molar refractivity (Wildman–Crippen MR) is 85.8 cm³/mol. The van der Waals surface area contributed by atoms with Crippen molar-refractivity contribution in [2.24, 2.45) is 0 Å². The molecule has 7 heteroatoms. The molecule has 5 nitrogen and oxygen atoms in total. The van der Waals surface area contributed by atoms with Gasteiger partial charge in [0, 0.05) is 12.2 Å². The van der Waals surface area contributed by atoms with Gasteiger partial charge < -0.3 is 14.4 Å². The van der Waals surface area contributed by atoms with E-state index in [1.807, 2.05) is 0 Å². The summed E-state index contributed by atoms with van der Waals surface area (Å²) in [6.45, 7) is 5.76. The molecule has 0 radical (unpaired) electrons. The highest BCUT2D eigenvalue weighted by atomic mass is 35.5. The fourth-order valence-electron chi connectivity index (χ4n) is 1.89. The lowest BCUT2D eigenvalue weighted by atomic mass is 10.2. The first-order valence-electron chi connectivity index (χ1n) is 7.22. The van der Waals surface area contributed by atoms with Gasteiger partial charge in [0.05, 0.1) is 24.3 Å². The summed E-state index contributed by atoms with van der Waals surface area (Å²) in [5.41, 5.74) is 0.456. The van der Waals surface area contributed by atoms with E-state index in [1.54, 1.807) is 20.8 Å². The van der Waals surface area contributed by atoms with Gasteiger partial charge in [0.2, 0.25) is 0 Å². The number of likely N-dealkylation sites (N-methyl/N-ethyl adjacent to an activating group) is 1. The standard InChI is InChI=1S/C16H19ClFNO4/c1-4-19(11-7-8-13(18)12(17)9-11)14(16(21)23-6-3)10-15(20)22-5-2/h7-10H,4-6H2,1-3H3/b14-10+. The molecular formula is C16H19ClFNO4. The average molecular weight is 344 g/mol. The number of benzene rings is 1. The molecule has 0 bridgehead atoms. The lowest BCUT2D eigenvalue weighted by Gasteiger charge is -2.24. The summed E-state index contributed by atoms with van der Waals surface area (Å²) in [4.78, 5) is 25.4. The largest absolute Gasteiger partial charge is 0.463 e. The summed E-state index contributed by atoms with van der Waals surface area (Å²) in [7, 11) is 0. The molecular weight excluding hydrogens is 325 g/mol. The normalized spacial score (nSPS) is 11.1. The minimum atomic E-state index is -0.678. The highest BCUT2D eigenvalue weighted by Crippen LogP contribution is 2.25. The summed E-state index contributed by atoms with van der Waals surface area (Å²) >= 11 is 5.79. The third-order valence-corrected chi connectivity index (χ3v) is 3.14. The van der Waals surface area contributed by atoms with Gasteiger partial charge in [-0.3, -0.25) is 0 Å². The Morgan fingerprint density at radius 1 is 1.22 bits per heavy atom. The number of hydrogen-bond donors (Lipinski definition) is 0. The molecule has 1 rings (SSSR count). The first-order valence-corrected chi connectivity index (χ1v) is 7.60. The van der Waals surface area contributed by atoms with Crippen molar-refractivity contribution in [2.45, 2.75) is 20.8 Å². The molecule has 1 aromatic carbocycles. The van der Waals surface area contributed by atoms with Crippen LogP contribution >= 0.6 is 11.6 Å². The van der Waals surface area contributed by atoms with E-state index in [-0.39, 0.29) is 23.9 Å². The number of carbonyl (C=O) groups is 2. The predicted octanol–water partition coefficient (Wildman–Crippen LogP) is 3.32. The lowest BCUT2D eigenvalue weighted by Crippen LogP contribution is -2.29. The van der Waals surface area contributed by atoms with E-state index in [2.05, 4.69) is 0 Å². The van der Waals surface area contributed by atoms with Crippen LogP contribution in [0.25, 0.3) is 0 Å². The fourth-order valence-corrected chi connectivity index (χ4v) is 2.07. The van der Waals surface area contributed by atoms with Crippen molar-refractivity contribution >= 4 is 29.2 Å². The Labute approximate surface area is 139 Å². The Hall–Kier alpha value is -2.08. The Kier molecular flexibility index (Phi) is 7.54. The van der Waals surface area contributed by atoms with Crippen LogP contribution < -0.4 is 4.90 Å². The third kappa shape index (κ3) is 5.25. The van der Waals surface area contributed by atoms with Crippen molar-refractivity contribution in [3.8, 4) is 0 Å². The van der Waals surface area contributed by atoms with E-state index in [9.17, 15) is 14.0 Å². The van der Waals surface area contributed by atoms with Crippen LogP contribution in [0.4, 0.5) is 10.1 Å². The molecule has 0 aromatic heterocycles. The van der Waals surface area contributed by atoms with Crippen LogP contribution in [0.3, 0.4) is 0 Å². The van der Waals surface area contributed by atoms with E-state index in [0.29, 0.717) is 12.2 Å². The number of carbonyl (C=O) groups excluding carboxylic acids is 2. The molecule has 0 unspecified atom stereocenters. The summed E-state index contributed by atoms with van der Waals surface area (Å²) < 4.78 is 23.1. The quantitative estimate of drug-likeness (QED) is 0.561. The number of rotatable bonds is 7. The zero-order chi connectivity index (χ0) is 17.4. The van der Waals surface area contributed by atoms with Gasteiger partial charge in [-0.25, -0.2) is 14.0 Å². The molecule has 0 N–H and O–H groups in total. The molecule has 0 saturated heterocycles. The zero-order valence-corrected chi connectivity index (χ0v) is 14.0. The minimum absolute atomic E-state index is 0.00419. The van der Waals surface area contributed by atoms with Gasteiger partial charge in [0.15, 0.2) is 0 Å². The van der Waals surface area contributed by atoms with Crippen LogP contribution in [-0.2, 0) is 19.1 Å². The van der Waals surface area contributed by atoms with E-state index in [0.717, 1.165) is 6.08 Å². The molecule has 0 fully saturated rings. The van der Waals surface area contributed by atoms with E-state index >= 15 is 0 Å². The van der Waals surface area contributed by atoms with Crippen LogP contribution in [0.15, 0.2) is 30.0 Å². The number of halogens is 2. The molecule has 0 spiro atoms. The Bertz CT molecular complexity index is 604. The number of hydrogen-bond acceptors (Lipinski definition) is 5. The molecule has 0 saturated carbocycles. The molecule has 0 aliphatic carbocycles. The van der Waals surface area contributed by atoms with Crippen molar-refractivity contribution in [3.63, 3.8) is 0 Å².